The molecule has 0 bridgehead atoms. The molecule has 0 saturated carbocycles. The van der Waals surface area contributed by atoms with Gasteiger partial charge in [-0.3, -0.25) is 5.43 Å². The number of hydrogen-bond donors (Lipinski definition) is 1. The van der Waals surface area contributed by atoms with Crippen LogP contribution in [0.3, 0.4) is 0 Å². The molecule has 2 nitrogen and oxygen atoms in total. The third kappa shape index (κ3) is 3.91. The Morgan fingerprint density at radius 1 is 1.11 bits per heavy atom. The third-order valence-electron chi connectivity index (χ3n) is 2.89. The number of hydrazone groups is 1. The molecule has 0 aromatic heterocycles. The lowest BCUT2D eigenvalue weighted by Gasteiger charge is -2.06. The fraction of sp³-hybridized carbons (Fsp3) is 0.188. The first-order chi connectivity index (χ1) is 9.15. The van der Waals surface area contributed by atoms with Gasteiger partial charge in [0.05, 0.1) is 5.69 Å². The predicted octanol–water partition coefficient (Wildman–Crippen LogP) is 4.16. The van der Waals surface area contributed by atoms with Crippen LogP contribution in [0, 0.1) is 12.7 Å². The van der Waals surface area contributed by atoms with Gasteiger partial charge in [0.15, 0.2) is 0 Å². The van der Waals surface area contributed by atoms with E-state index in [0.717, 1.165) is 22.5 Å². The van der Waals surface area contributed by atoms with Gasteiger partial charge >= 0.3 is 0 Å². The second kappa shape index (κ2) is 6.14. The van der Waals surface area contributed by atoms with Crippen molar-refractivity contribution in [3.05, 3.63) is 65.5 Å². The van der Waals surface area contributed by atoms with E-state index in [2.05, 4.69) is 10.5 Å². The lowest BCUT2D eigenvalue weighted by molar-refractivity contribution is 0.627. The topological polar surface area (TPSA) is 24.4 Å². The maximum absolute atomic E-state index is 12.8. The summed E-state index contributed by atoms with van der Waals surface area (Å²) in [6.45, 7) is 3.99. The molecular weight excluding hydrogens is 239 g/mol. The van der Waals surface area contributed by atoms with Crippen LogP contribution in [-0.4, -0.2) is 5.71 Å². The Balaban J connectivity index is 2.00. The zero-order valence-corrected chi connectivity index (χ0v) is 11.2. The predicted molar refractivity (Wildman–Crippen MR) is 78.0 cm³/mol. The monoisotopic (exact) mass is 256 g/mol. The molecule has 0 atom stereocenters. The zero-order valence-electron chi connectivity index (χ0n) is 11.2. The average Bonchev–Trinajstić information content (AvgIpc) is 2.40. The van der Waals surface area contributed by atoms with Crippen LogP contribution in [0.2, 0.25) is 0 Å². The smallest absolute Gasteiger partial charge is 0.123 e. The van der Waals surface area contributed by atoms with Gasteiger partial charge in [-0.15, -0.1) is 0 Å². The molecule has 3 heteroatoms. The number of rotatable bonds is 4. The van der Waals surface area contributed by atoms with E-state index in [-0.39, 0.29) is 5.82 Å². The van der Waals surface area contributed by atoms with Crippen LogP contribution in [0.15, 0.2) is 53.6 Å². The number of aryl methyl sites for hydroxylation is 1. The van der Waals surface area contributed by atoms with Gasteiger partial charge in [-0.2, -0.15) is 5.10 Å². The molecule has 0 amide bonds. The van der Waals surface area contributed by atoms with E-state index in [1.54, 1.807) is 12.1 Å². The largest absolute Gasteiger partial charge is 0.278 e. The van der Waals surface area contributed by atoms with Crippen molar-refractivity contribution in [2.24, 2.45) is 5.10 Å². The second-order valence-electron chi connectivity index (χ2n) is 4.58. The molecule has 0 aliphatic heterocycles. The Morgan fingerprint density at radius 3 is 2.47 bits per heavy atom. The molecule has 2 rings (SSSR count). The average molecular weight is 256 g/mol. The summed E-state index contributed by atoms with van der Waals surface area (Å²) in [6.07, 6.45) is 0.708. The first-order valence-electron chi connectivity index (χ1n) is 6.24. The molecule has 0 aliphatic rings. The van der Waals surface area contributed by atoms with Crippen LogP contribution in [0.1, 0.15) is 18.1 Å². The molecule has 19 heavy (non-hydrogen) atoms. The number of anilines is 1. The number of benzene rings is 2. The Bertz CT molecular complexity index is 574. The normalized spacial score (nSPS) is 11.4. The summed E-state index contributed by atoms with van der Waals surface area (Å²) in [6, 6.07) is 14.5. The maximum Gasteiger partial charge on any atom is 0.123 e. The Hall–Kier alpha value is -2.16. The molecule has 0 unspecified atom stereocenters. The van der Waals surface area contributed by atoms with E-state index < -0.39 is 0 Å². The standard InChI is InChI=1S/C16H17FN2/c1-12-5-3-4-6-16(12)19-18-13(2)11-14-7-9-15(17)10-8-14/h3-10,19H,11H2,1-2H3. The molecule has 0 spiro atoms. The third-order valence-corrected chi connectivity index (χ3v) is 2.89. The van der Waals surface area contributed by atoms with E-state index in [9.17, 15) is 4.39 Å². The van der Waals surface area contributed by atoms with Gasteiger partial charge in [-0.1, -0.05) is 30.3 Å². The van der Waals surface area contributed by atoms with Gasteiger partial charge in [0.1, 0.15) is 5.82 Å². The number of nitrogens with zero attached hydrogens (tertiary/aromatic N) is 1. The van der Waals surface area contributed by atoms with Crippen molar-refractivity contribution in [1.82, 2.24) is 0 Å². The summed E-state index contributed by atoms with van der Waals surface area (Å²) in [5, 5.41) is 4.35. The number of nitrogens with one attached hydrogen (secondary N) is 1. The van der Waals surface area contributed by atoms with E-state index in [1.165, 1.54) is 12.1 Å². The van der Waals surface area contributed by atoms with Crippen molar-refractivity contribution in [2.75, 3.05) is 5.43 Å². The SMILES string of the molecule is CC(Cc1ccc(F)cc1)=NNc1ccccc1C. The van der Waals surface area contributed by atoms with Gasteiger partial charge in [0.2, 0.25) is 0 Å². The minimum Gasteiger partial charge on any atom is -0.278 e. The lowest BCUT2D eigenvalue weighted by atomic mass is 10.1. The summed E-state index contributed by atoms with van der Waals surface area (Å²) in [5.74, 6) is -0.212. The molecule has 1 N–H and O–H groups in total. The van der Waals surface area contributed by atoms with Crippen LogP contribution >= 0.6 is 0 Å². The summed E-state index contributed by atoms with van der Waals surface area (Å²) in [7, 11) is 0. The molecule has 0 saturated heterocycles. The van der Waals surface area contributed by atoms with Crippen LogP contribution in [0.5, 0.6) is 0 Å². The van der Waals surface area contributed by atoms with Gasteiger partial charge in [-0.05, 0) is 43.2 Å². The van der Waals surface area contributed by atoms with Crippen LogP contribution in [0.25, 0.3) is 0 Å². The first kappa shape index (κ1) is 13.3. The molecule has 0 heterocycles. The quantitative estimate of drug-likeness (QED) is 0.644. The minimum atomic E-state index is -0.212. The number of halogens is 1. The molecule has 98 valence electrons. The summed E-state index contributed by atoms with van der Waals surface area (Å²) in [5.41, 5.74) is 7.22. The van der Waals surface area contributed by atoms with Crippen LogP contribution in [0.4, 0.5) is 10.1 Å². The number of para-hydroxylation sites is 1. The zero-order chi connectivity index (χ0) is 13.7. The maximum atomic E-state index is 12.8. The second-order valence-corrected chi connectivity index (χ2v) is 4.58. The van der Waals surface area contributed by atoms with Crippen LogP contribution in [-0.2, 0) is 6.42 Å². The van der Waals surface area contributed by atoms with Crippen molar-refractivity contribution in [3.63, 3.8) is 0 Å². The fourth-order valence-corrected chi connectivity index (χ4v) is 1.79. The summed E-state index contributed by atoms with van der Waals surface area (Å²) < 4.78 is 12.8. The summed E-state index contributed by atoms with van der Waals surface area (Å²) in [4.78, 5) is 0. The first-order valence-corrected chi connectivity index (χ1v) is 6.24. The van der Waals surface area contributed by atoms with E-state index >= 15 is 0 Å². The fourth-order valence-electron chi connectivity index (χ4n) is 1.79. The van der Waals surface area contributed by atoms with Crippen molar-refractivity contribution in [1.29, 1.82) is 0 Å². The summed E-state index contributed by atoms with van der Waals surface area (Å²) >= 11 is 0. The van der Waals surface area contributed by atoms with Gasteiger partial charge in [0.25, 0.3) is 0 Å². The molecule has 2 aromatic rings. The lowest BCUT2D eigenvalue weighted by Crippen LogP contribution is -2.02. The molecule has 0 radical (unpaired) electrons. The molecule has 2 aromatic carbocycles. The van der Waals surface area contributed by atoms with Gasteiger partial charge in [-0.25, -0.2) is 4.39 Å². The Morgan fingerprint density at radius 2 is 1.79 bits per heavy atom. The van der Waals surface area contributed by atoms with Crippen molar-refractivity contribution in [2.45, 2.75) is 20.3 Å². The Kier molecular flexibility index (Phi) is 4.29. The highest BCUT2D eigenvalue weighted by Crippen LogP contribution is 2.13. The van der Waals surface area contributed by atoms with Crippen molar-refractivity contribution >= 4 is 11.4 Å². The highest BCUT2D eigenvalue weighted by atomic mass is 19.1. The van der Waals surface area contributed by atoms with Gasteiger partial charge < -0.3 is 0 Å². The highest BCUT2D eigenvalue weighted by Gasteiger charge is 1.98. The minimum absolute atomic E-state index is 0.212. The van der Waals surface area contributed by atoms with E-state index in [4.69, 9.17) is 0 Å². The van der Waals surface area contributed by atoms with Crippen LogP contribution < -0.4 is 5.43 Å². The van der Waals surface area contributed by atoms with Crippen molar-refractivity contribution in [3.8, 4) is 0 Å². The molecule has 0 aliphatic carbocycles. The molecule has 0 fully saturated rings. The number of hydrogen-bond acceptors (Lipinski definition) is 2. The van der Waals surface area contributed by atoms with E-state index in [1.807, 2.05) is 38.1 Å². The highest BCUT2D eigenvalue weighted by molar-refractivity contribution is 5.84. The van der Waals surface area contributed by atoms with Crippen molar-refractivity contribution < 1.29 is 4.39 Å². The Labute approximate surface area is 113 Å². The van der Waals surface area contributed by atoms with E-state index in [0.29, 0.717) is 6.42 Å². The van der Waals surface area contributed by atoms with Gasteiger partial charge in [0, 0.05) is 12.1 Å². The molecular formula is C16H17FN2.